The molecule has 1 saturated carbocycles. The molecule has 0 bridgehead atoms. The standard InChI is InChI=1S/C16H22O/c1-3-12-17-16-10-8-15(9-11-16)14-6-4-13(2)5-7-14/h3,8-11,13-14H,1,4-7,12H2,2H3. The van der Waals surface area contributed by atoms with Gasteiger partial charge >= 0.3 is 0 Å². The summed E-state index contributed by atoms with van der Waals surface area (Å²) in [5.74, 6) is 2.62. The van der Waals surface area contributed by atoms with E-state index < -0.39 is 0 Å². The smallest absolute Gasteiger partial charge is 0.119 e. The first-order valence-electron chi connectivity index (χ1n) is 6.63. The van der Waals surface area contributed by atoms with Gasteiger partial charge in [0.15, 0.2) is 0 Å². The van der Waals surface area contributed by atoms with Gasteiger partial charge in [0.05, 0.1) is 0 Å². The Morgan fingerprint density at radius 2 is 1.82 bits per heavy atom. The quantitative estimate of drug-likeness (QED) is 0.690. The van der Waals surface area contributed by atoms with Crippen LogP contribution in [0, 0.1) is 5.92 Å². The van der Waals surface area contributed by atoms with E-state index in [1.54, 1.807) is 6.08 Å². The van der Waals surface area contributed by atoms with Crippen LogP contribution in [-0.4, -0.2) is 6.61 Å². The molecule has 92 valence electrons. The van der Waals surface area contributed by atoms with E-state index in [-0.39, 0.29) is 0 Å². The van der Waals surface area contributed by atoms with Crippen molar-refractivity contribution in [3.05, 3.63) is 42.5 Å². The van der Waals surface area contributed by atoms with Crippen molar-refractivity contribution in [2.75, 3.05) is 6.61 Å². The molecule has 0 N–H and O–H groups in total. The van der Waals surface area contributed by atoms with Crippen LogP contribution in [0.4, 0.5) is 0 Å². The zero-order valence-electron chi connectivity index (χ0n) is 10.7. The lowest BCUT2D eigenvalue weighted by atomic mass is 9.79. The van der Waals surface area contributed by atoms with Crippen molar-refractivity contribution in [1.82, 2.24) is 0 Å². The van der Waals surface area contributed by atoms with Crippen LogP contribution in [0.1, 0.15) is 44.1 Å². The van der Waals surface area contributed by atoms with Crippen molar-refractivity contribution in [3.8, 4) is 5.75 Å². The number of hydrogen-bond acceptors (Lipinski definition) is 1. The second kappa shape index (κ2) is 5.90. The van der Waals surface area contributed by atoms with Crippen molar-refractivity contribution >= 4 is 0 Å². The number of hydrogen-bond donors (Lipinski definition) is 0. The molecule has 1 aliphatic carbocycles. The minimum absolute atomic E-state index is 0.584. The van der Waals surface area contributed by atoms with Crippen molar-refractivity contribution < 1.29 is 4.74 Å². The Labute approximate surface area is 104 Å². The minimum Gasteiger partial charge on any atom is -0.490 e. The molecule has 0 aromatic heterocycles. The fraction of sp³-hybridized carbons (Fsp3) is 0.500. The minimum atomic E-state index is 0.584. The van der Waals surface area contributed by atoms with Gasteiger partial charge in [-0.25, -0.2) is 0 Å². The van der Waals surface area contributed by atoms with Crippen LogP contribution < -0.4 is 4.74 Å². The van der Waals surface area contributed by atoms with Gasteiger partial charge in [-0.1, -0.05) is 44.6 Å². The van der Waals surface area contributed by atoms with E-state index in [0.29, 0.717) is 6.61 Å². The molecule has 0 spiro atoms. The zero-order chi connectivity index (χ0) is 12.1. The van der Waals surface area contributed by atoms with Crippen molar-refractivity contribution in [3.63, 3.8) is 0 Å². The van der Waals surface area contributed by atoms with E-state index in [2.05, 4.69) is 37.8 Å². The Bertz CT molecular complexity index is 344. The first-order chi connectivity index (χ1) is 8.29. The molecule has 1 heteroatoms. The highest BCUT2D eigenvalue weighted by molar-refractivity contribution is 5.29. The Morgan fingerprint density at radius 3 is 2.41 bits per heavy atom. The second-order valence-electron chi connectivity index (χ2n) is 5.13. The lowest BCUT2D eigenvalue weighted by Crippen LogP contribution is -2.10. The average Bonchev–Trinajstić information content (AvgIpc) is 2.38. The highest BCUT2D eigenvalue weighted by Gasteiger charge is 2.19. The molecular weight excluding hydrogens is 208 g/mol. The van der Waals surface area contributed by atoms with E-state index >= 15 is 0 Å². The average molecular weight is 230 g/mol. The third-order valence-electron chi connectivity index (χ3n) is 3.74. The predicted molar refractivity (Wildman–Crippen MR) is 72.5 cm³/mol. The predicted octanol–water partition coefficient (Wildman–Crippen LogP) is 4.55. The summed E-state index contributed by atoms with van der Waals surface area (Å²) >= 11 is 0. The van der Waals surface area contributed by atoms with E-state index in [9.17, 15) is 0 Å². The summed E-state index contributed by atoms with van der Waals surface area (Å²) in [5.41, 5.74) is 1.47. The summed E-state index contributed by atoms with van der Waals surface area (Å²) in [7, 11) is 0. The van der Waals surface area contributed by atoms with Crippen LogP contribution in [0.25, 0.3) is 0 Å². The number of rotatable bonds is 4. The molecule has 0 aliphatic heterocycles. The molecule has 0 saturated heterocycles. The van der Waals surface area contributed by atoms with Crippen LogP contribution in [0.2, 0.25) is 0 Å². The zero-order valence-corrected chi connectivity index (χ0v) is 10.7. The molecule has 17 heavy (non-hydrogen) atoms. The van der Waals surface area contributed by atoms with Crippen molar-refractivity contribution in [2.24, 2.45) is 5.92 Å². The monoisotopic (exact) mass is 230 g/mol. The van der Waals surface area contributed by atoms with E-state index in [0.717, 1.165) is 17.6 Å². The van der Waals surface area contributed by atoms with Gasteiger partial charge in [-0.05, 0) is 42.4 Å². The Balaban J connectivity index is 1.95. The first kappa shape index (κ1) is 12.2. The molecule has 0 atom stereocenters. The van der Waals surface area contributed by atoms with Gasteiger partial charge in [-0.15, -0.1) is 0 Å². The summed E-state index contributed by atoms with van der Waals surface area (Å²) in [6.45, 7) is 6.60. The SMILES string of the molecule is C=CCOc1ccc(C2CCC(C)CC2)cc1. The molecule has 1 nitrogen and oxygen atoms in total. The van der Waals surface area contributed by atoms with Crippen LogP contribution in [0.5, 0.6) is 5.75 Å². The van der Waals surface area contributed by atoms with Gasteiger partial charge in [0.1, 0.15) is 12.4 Å². The van der Waals surface area contributed by atoms with Crippen LogP contribution in [-0.2, 0) is 0 Å². The molecule has 1 aliphatic rings. The maximum absolute atomic E-state index is 5.50. The van der Waals surface area contributed by atoms with Gasteiger partial charge in [0.25, 0.3) is 0 Å². The van der Waals surface area contributed by atoms with Gasteiger partial charge < -0.3 is 4.74 Å². The normalized spacial score (nSPS) is 24.3. The van der Waals surface area contributed by atoms with Crippen LogP contribution >= 0.6 is 0 Å². The Morgan fingerprint density at radius 1 is 1.18 bits per heavy atom. The van der Waals surface area contributed by atoms with E-state index in [4.69, 9.17) is 4.74 Å². The molecule has 1 aromatic rings. The van der Waals surface area contributed by atoms with Crippen molar-refractivity contribution in [1.29, 1.82) is 0 Å². The summed E-state index contributed by atoms with van der Waals surface area (Å²) in [6, 6.07) is 8.60. The molecule has 0 unspecified atom stereocenters. The van der Waals surface area contributed by atoms with E-state index in [1.165, 1.54) is 31.2 Å². The van der Waals surface area contributed by atoms with Gasteiger partial charge in [0.2, 0.25) is 0 Å². The van der Waals surface area contributed by atoms with Gasteiger partial charge in [0, 0.05) is 0 Å². The summed E-state index contributed by atoms with van der Waals surface area (Å²) in [5, 5.41) is 0. The number of benzene rings is 1. The molecule has 0 radical (unpaired) electrons. The third-order valence-corrected chi connectivity index (χ3v) is 3.74. The molecule has 1 fully saturated rings. The molecule has 2 rings (SSSR count). The highest BCUT2D eigenvalue weighted by atomic mass is 16.5. The fourth-order valence-corrected chi connectivity index (χ4v) is 2.58. The number of ether oxygens (including phenoxy) is 1. The maximum atomic E-state index is 5.50. The Kier molecular flexibility index (Phi) is 4.24. The third kappa shape index (κ3) is 3.36. The van der Waals surface area contributed by atoms with Gasteiger partial charge in [-0.2, -0.15) is 0 Å². The highest BCUT2D eigenvalue weighted by Crippen LogP contribution is 2.35. The Hall–Kier alpha value is -1.24. The molecule has 1 aromatic carbocycles. The lowest BCUT2D eigenvalue weighted by Gasteiger charge is -2.26. The summed E-state index contributed by atoms with van der Waals surface area (Å²) < 4.78 is 5.50. The maximum Gasteiger partial charge on any atom is 0.119 e. The topological polar surface area (TPSA) is 9.23 Å². The molecular formula is C16H22O. The van der Waals surface area contributed by atoms with Crippen LogP contribution in [0.15, 0.2) is 36.9 Å². The van der Waals surface area contributed by atoms with Gasteiger partial charge in [-0.3, -0.25) is 0 Å². The lowest BCUT2D eigenvalue weighted by molar-refractivity contribution is 0.346. The van der Waals surface area contributed by atoms with Crippen molar-refractivity contribution in [2.45, 2.75) is 38.5 Å². The summed E-state index contributed by atoms with van der Waals surface area (Å²) in [4.78, 5) is 0. The molecule has 0 heterocycles. The fourth-order valence-electron chi connectivity index (χ4n) is 2.58. The second-order valence-corrected chi connectivity index (χ2v) is 5.13. The largest absolute Gasteiger partial charge is 0.490 e. The van der Waals surface area contributed by atoms with E-state index in [1.807, 2.05) is 0 Å². The van der Waals surface area contributed by atoms with Crippen LogP contribution in [0.3, 0.4) is 0 Å². The molecule has 0 amide bonds. The first-order valence-corrected chi connectivity index (χ1v) is 6.63. The summed E-state index contributed by atoms with van der Waals surface area (Å²) in [6.07, 6.45) is 7.21.